The van der Waals surface area contributed by atoms with E-state index in [0.29, 0.717) is 11.8 Å². The maximum Gasteiger partial charge on any atom is 0.0150 e. The molecule has 0 saturated carbocycles. The van der Waals surface area contributed by atoms with Gasteiger partial charge < -0.3 is 0 Å². The number of aryl methyl sites for hydroxylation is 2. The van der Waals surface area contributed by atoms with Crippen LogP contribution in [0.3, 0.4) is 0 Å². The average Bonchev–Trinajstić information content (AvgIpc) is 2.84. The number of nitrogens with one attached hydrogen (secondary N) is 1. The maximum absolute atomic E-state index is 4.50. The summed E-state index contributed by atoms with van der Waals surface area (Å²) in [4.78, 5) is 1.39. The largest absolute Gasteiger partial charge is 0.125 e. The van der Waals surface area contributed by atoms with E-state index in [1.165, 1.54) is 56.9 Å². The second-order valence-corrected chi connectivity index (χ2v) is 11.6. The van der Waals surface area contributed by atoms with Crippen LogP contribution in [-0.4, -0.2) is 43.2 Å². The number of fused-ring (bicyclic) bond motifs is 1. The molecule has 0 aromatic heterocycles. The van der Waals surface area contributed by atoms with Crippen molar-refractivity contribution in [1.82, 2.24) is 5.32 Å². The van der Waals surface area contributed by atoms with E-state index in [9.17, 15) is 0 Å². The van der Waals surface area contributed by atoms with E-state index in [2.05, 4.69) is 108 Å². The Morgan fingerprint density at radius 2 is 2.06 bits per heavy atom. The fourth-order valence-electron chi connectivity index (χ4n) is 4.25. The molecule has 188 valence electrons. The van der Waals surface area contributed by atoms with Gasteiger partial charge in [-0.2, -0.15) is 0 Å². The fourth-order valence-corrected chi connectivity index (χ4v) is 6.62. The standard InChI is InChI=1S/C31H44BNS2/c1-8-12-27(13-14-32-7)17-23(3)21-34-16-11-10-15-33-20-28(9-2)30-22-35-31-19-25(5)24(4)18-29(31)26(30)6/h8-9,12-14,17-19,28,30,33H,2,6,10-11,15-16,20-22H2,1,3-5,7H3/b12-8-,23-17+,27-13+. The van der Waals surface area contributed by atoms with Crippen molar-refractivity contribution >= 4 is 42.0 Å². The summed E-state index contributed by atoms with van der Waals surface area (Å²) in [5.41, 5.74) is 8.04. The molecule has 1 aliphatic heterocycles. The van der Waals surface area contributed by atoms with Gasteiger partial charge in [-0.1, -0.05) is 18.7 Å². The third kappa shape index (κ3) is 9.82. The molecule has 1 aromatic carbocycles. The number of hydrogen-bond acceptors (Lipinski definition) is 3. The topological polar surface area (TPSA) is 12.0 Å². The monoisotopic (exact) mass is 505 g/mol. The average molecular weight is 506 g/mol. The second-order valence-electron chi connectivity index (χ2n) is 9.42. The first-order valence-corrected chi connectivity index (χ1v) is 15.0. The van der Waals surface area contributed by atoms with Gasteiger partial charge in [0.05, 0.1) is 0 Å². The smallest absolute Gasteiger partial charge is 0.0150 e. The minimum absolute atomic E-state index is 0.425. The van der Waals surface area contributed by atoms with Gasteiger partial charge in [0.1, 0.15) is 0 Å². The molecule has 0 aliphatic carbocycles. The third-order valence-corrected chi connectivity index (χ3v) is 8.89. The van der Waals surface area contributed by atoms with Crippen molar-refractivity contribution in [3.8, 4) is 0 Å². The van der Waals surface area contributed by atoms with Crippen molar-refractivity contribution < 1.29 is 0 Å². The van der Waals surface area contributed by atoms with Gasteiger partial charge in [0.2, 0.25) is 0 Å². The summed E-state index contributed by atoms with van der Waals surface area (Å²) >= 11 is 4.01. The summed E-state index contributed by atoms with van der Waals surface area (Å²) in [7, 11) is 0. The van der Waals surface area contributed by atoms with Gasteiger partial charge in [0, 0.05) is 23.1 Å². The molecule has 0 amide bonds. The van der Waals surface area contributed by atoms with Crippen molar-refractivity contribution in [2.75, 3.05) is 30.3 Å². The first-order chi connectivity index (χ1) is 16.9. The molecule has 1 nitrogen and oxygen atoms in total. The van der Waals surface area contributed by atoms with Gasteiger partial charge in [0.15, 0.2) is 0 Å². The number of unbranched alkanes of at least 4 members (excludes halogenated alkanes) is 1. The molecule has 2 atom stereocenters. The molecule has 0 radical (unpaired) electrons. The predicted molar refractivity (Wildman–Crippen MR) is 167 cm³/mol. The van der Waals surface area contributed by atoms with Crippen LogP contribution < -0.4 is 5.32 Å². The normalized spacial score (nSPS) is 17.6. The molecule has 1 N–H and O–H groups in total. The van der Waals surface area contributed by atoms with Crippen LogP contribution in [0.5, 0.6) is 0 Å². The fraction of sp³-hybridized carbons (Fsp3) is 0.452. The van der Waals surface area contributed by atoms with E-state index < -0.39 is 0 Å². The molecule has 2 rings (SSSR count). The molecule has 0 bridgehead atoms. The van der Waals surface area contributed by atoms with Crippen LogP contribution in [0.2, 0.25) is 6.82 Å². The Balaban J connectivity index is 1.70. The van der Waals surface area contributed by atoms with Crippen molar-refractivity contribution in [3.63, 3.8) is 0 Å². The molecular formula is C31H44BNS2. The van der Waals surface area contributed by atoms with Crippen LogP contribution >= 0.6 is 23.5 Å². The minimum Gasteiger partial charge on any atom is -0.125 e. The van der Waals surface area contributed by atoms with Crippen LogP contribution in [0.15, 0.2) is 71.7 Å². The molecular weight excluding hydrogens is 461 g/mol. The molecule has 1 aromatic rings. The molecule has 4 heteroatoms. The molecule has 0 saturated heterocycles. The quantitative estimate of drug-likeness (QED) is 0.119. The van der Waals surface area contributed by atoms with Crippen molar-refractivity contribution in [2.24, 2.45) is 11.8 Å². The van der Waals surface area contributed by atoms with E-state index in [1.54, 1.807) is 0 Å². The maximum atomic E-state index is 4.50. The van der Waals surface area contributed by atoms with Gasteiger partial charge in [-0.3, -0.25) is 0 Å². The molecule has 2 unspecified atom stereocenters. The Labute approximate surface area is 224 Å². The Morgan fingerprint density at radius 1 is 1.29 bits per heavy atom. The first kappa shape index (κ1) is 29.7. The van der Waals surface area contributed by atoms with Crippen LogP contribution in [0, 0.1) is 25.7 Å². The van der Waals surface area contributed by atoms with E-state index in [4.69, 9.17) is 0 Å². The zero-order chi connectivity index (χ0) is 25.6. The molecule has 35 heavy (non-hydrogen) atoms. The summed E-state index contributed by atoms with van der Waals surface area (Å²) in [6.45, 7) is 23.5. The molecule has 0 spiro atoms. The SMILES string of the molecule is C=CC(CNCCCCSC/C(C)=C/C(/C=C\C)=C/C=BC)C1CSc2cc(C)c(C)cc2C1=C. The summed E-state index contributed by atoms with van der Waals surface area (Å²) in [6.07, 6.45) is 13.3. The van der Waals surface area contributed by atoms with Gasteiger partial charge in [-0.05, 0) is 48.1 Å². The first-order valence-electron chi connectivity index (χ1n) is 12.9. The molecule has 1 aliphatic rings. The van der Waals surface area contributed by atoms with Crippen molar-refractivity contribution in [1.29, 1.82) is 0 Å². The zero-order valence-corrected chi connectivity index (χ0v) is 24.2. The Kier molecular flexibility index (Phi) is 13.8. The van der Waals surface area contributed by atoms with Gasteiger partial charge in [0.25, 0.3) is 0 Å². The van der Waals surface area contributed by atoms with Crippen molar-refractivity contribution in [2.45, 2.75) is 52.3 Å². The van der Waals surface area contributed by atoms with E-state index >= 15 is 0 Å². The van der Waals surface area contributed by atoms with Crippen molar-refractivity contribution in [3.05, 3.63) is 83.5 Å². The van der Waals surface area contributed by atoms with Crippen LogP contribution in [0.25, 0.3) is 5.57 Å². The Bertz CT molecular complexity index is 970. The van der Waals surface area contributed by atoms with Crippen LogP contribution in [0.1, 0.15) is 43.4 Å². The summed E-state index contributed by atoms with van der Waals surface area (Å²) in [6, 6.07) is 4.66. The van der Waals surface area contributed by atoms with Gasteiger partial charge in [-0.25, -0.2) is 0 Å². The number of benzene rings is 1. The van der Waals surface area contributed by atoms with Crippen LogP contribution in [0.4, 0.5) is 0 Å². The predicted octanol–water partition coefficient (Wildman–Crippen LogP) is 7.95. The number of thioether (sulfide) groups is 2. The minimum atomic E-state index is 0.425. The summed E-state index contributed by atoms with van der Waals surface area (Å²) in [5, 5.41) is 3.69. The van der Waals surface area contributed by atoms with E-state index in [0.717, 1.165) is 24.6 Å². The van der Waals surface area contributed by atoms with E-state index in [1.807, 2.05) is 23.5 Å². The summed E-state index contributed by atoms with van der Waals surface area (Å²) in [5.74, 6) is 6.38. The van der Waals surface area contributed by atoms with Gasteiger partial charge >= 0.3 is 117 Å². The van der Waals surface area contributed by atoms with Crippen LogP contribution in [-0.2, 0) is 0 Å². The summed E-state index contributed by atoms with van der Waals surface area (Å²) < 4.78 is 0. The Morgan fingerprint density at radius 3 is 2.77 bits per heavy atom. The number of hydrogen-bond donors (Lipinski definition) is 1. The molecule has 1 heterocycles. The zero-order valence-electron chi connectivity index (χ0n) is 22.5. The van der Waals surface area contributed by atoms with Gasteiger partial charge in [-0.15, -0.1) is 18.3 Å². The van der Waals surface area contributed by atoms with E-state index in [-0.39, 0.29) is 0 Å². The second kappa shape index (κ2) is 16.3. The molecule has 0 fully saturated rings. The Hall–Kier alpha value is -1.49. The number of allylic oxidation sites excluding steroid dienone is 6. The number of rotatable bonds is 14. The third-order valence-electron chi connectivity index (χ3n) is 6.48.